The van der Waals surface area contributed by atoms with Crippen LogP contribution in [0.25, 0.3) is 17.1 Å². The zero-order chi connectivity index (χ0) is 13.2. The first-order valence-corrected chi connectivity index (χ1v) is 6.54. The minimum absolute atomic E-state index is 0.249. The summed E-state index contributed by atoms with van der Waals surface area (Å²) in [4.78, 5) is 11.9. The molecule has 0 aliphatic heterocycles. The predicted molar refractivity (Wildman–Crippen MR) is 77.3 cm³/mol. The van der Waals surface area contributed by atoms with Gasteiger partial charge in [-0.05, 0) is 24.3 Å². The van der Waals surface area contributed by atoms with Crippen molar-refractivity contribution in [2.24, 2.45) is 0 Å². The summed E-state index contributed by atoms with van der Waals surface area (Å²) >= 11 is 3.42. The van der Waals surface area contributed by atoms with E-state index >= 15 is 0 Å². The number of halogens is 1. The Morgan fingerprint density at radius 3 is 2.58 bits per heavy atom. The Morgan fingerprint density at radius 2 is 1.84 bits per heavy atom. The van der Waals surface area contributed by atoms with Crippen molar-refractivity contribution >= 4 is 15.9 Å². The van der Waals surface area contributed by atoms with Crippen LogP contribution >= 0.6 is 15.9 Å². The van der Waals surface area contributed by atoms with Gasteiger partial charge in [0.1, 0.15) is 0 Å². The predicted octanol–water partition coefficient (Wildman–Crippen LogP) is 2.99. The number of hydrogen-bond acceptors (Lipinski definition) is 2. The number of H-pyrrole nitrogens is 1. The fourth-order valence-electron chi connectivity index (χ4n) is 1.93. The maximum Gasteiger partial charge on any atom is 0.348 e. The van der Waals surface area contributed by atoms with Crippen molar-refractivity contribution in [1.82, 2.24) is 14.8 Å². The normalized spacial score (nSPS) is 10.6. The first-order valence-electron chi connectivity index (χ1n) is 5.74. The molecule has 4 nitrogen and oxygen atoms in total. The smallest absolute Gasteiger partial charge is 0.246 e. The quantitative estimate of drug-likeness (QED) is 0.790. The number of para-hydroxylation sites is 1. The summed E-state index contributed by atoms with van der Waals surface area (Å²) in [6, 6.07) is 17.1. The number of aromatic nitrogens is 3. The minimum atomic E-state index is -0.249. The average Bonchev–Trinajstić information content (AvgIpc) is 2.82. The lowest BCUT2D eigenvalue weighted by Crippen LogP contribution is -2.15. The summed E-state index contributed by atoms with van der Waals surface area (Å²) < 4.78 is 2.50. The van der Waals surface area contributed by atoms with Crippen LogP contribution in [0, 0.1) is 0 Å². The van der Waals surface area contributed by atoms with Crippen molar-refractivity contribution in [3.8, 4) is 17.1 Å². The van der Waals surface area contributed by atoms with Crippen LogP contribution in [0.4, 0.5) is 0 Å². The molecule has 0 saturated heterocycles. The monoisotopic (exact) mass is 315 g/mol. The molecule has 0 amide bonds. The van der Waals surface area contributed by atoms with Crippen molar-refractivity contribution in [3.63, 3.8) is 0 Å². The molecule has 0 atom stereocenters. The summed E-state index contributed by atoms with van der Waals surface area (Å²) in [5.74, 6) is 0.595. The molecule has 1 aromatic heterocycles. The second-order valence-electron chi connectivity index (χ2n) is 4.03. The molecule has 94 valence electrons. The highest BCUT2D eigenvalue weighted by Crippen LogP contribution is 2.22. The summed E-state index contributed by atoms with van der Waals surface area (Å²) in [6.07, 6.45) is 0. The van der Waals surface area contributed by atoms with E-state index in [1.807, 2.05) is 54.6 Å². The first kappa shape index (κ1) is 11.9. The van der Waals surface area contributed by atoms with Crippen LogP contribution in [0.2, 0.25) is 0 Å². The standard InChI is InChI=1S/C14H10BrN3O/c15-11-6-4-5-10(9-11)13-16-17-14(19)18(13)12-7-2-1-3-8-12/h1-9H,(H,17,19). The summed E-state index contributed by atoms with van der Waals surface area (Å²) in [5, 5.41) is 6.60. The van der Waals surface area contributed by atoms with Gasteiger partial charge in [0.25, 0.3) is 0 Å². The molecule has 0 saturated carbocycles. The second kappa shape index (κ2) is 4.85. The van der Waals surface area contributed by atoms with Crippen LogP contribution in [0.3, 0.4) is 0 Å². The lowest BCUT2D eigenvalue weighted by molar-refractivity contribution is 0.985. The Kier molecular flexibility index (Phi) is 3.05. The van der Waals surface area contributed by atoms with Crippen molar-refractivity contribution in [2.75, 3.05) is 0 Å². The van der Waals surface area contributed by atoms with E-state index in [2.05, 4.69) is 26.1 Å². The average molecular weight is 316 g/mol. The third kappa shape index (κ3) is 2.24. The molecular weight excluding hydrogens is 306 g/mol. The number of hydrogen-bond donors (Lipinski definition) is 1. The number of nitrogens with one attached hydrogen (secondary N) is 1. The Bertz CT molecular complexity index is 762. The minimum Gasteiger partial charge on any atom is -0.246 e. The van der Waals surface area contributed by atoms with Crippen LogP contribution in [0.15, 0.2) is 63.9 Å². The van der Waals surface area contributed by atoms with Crippen LogP contribution in [0.1, 0.15) is 0 Å². The highest BCUT2D eigenvalue weighted by Gasteiger charge is 2.12. The highest BCUT2D eigenvalue weighted by molar-refractivity contribution is 9.10. The van der Waals surface area contributed by atoms with E-state index < -0.39 is 0 Å². The molecule has 0 aliphatic rings. The zero-order valence-corrected chi connectivity index (χ0v) is 11.5. The molecule has 5 heteroatoms. The number of benzene rings is 2. The Balaban J connectivity index is 2.22. The lowest BCUT2D eigenvalue weighted by atomic mass is 10.2. The van der Waals surface area contributed by atoms with Gasteiger partial charge in [0.2, 0.25) is 0 Å². The van der Waals surface area contributed by atoms with Gasteiger partial charge in [-0.2, -0.15) is 5.10 Å². The van der Waals surface area contributed by atoms with Gasteiger partial charge in [0, 0.05) is 10.0 Å². The molecule has 3 aromatic rings. The summed E-state index contributed by atoms with van der Waals surface area (Å²) in [7, 11) is 0. The molecule has 0 fully saturated rings. The Hall–Kier alpha value is -2.14. The van der Waals surface area contributed by atoms with E-state index in [4.69, 9.17) is 0 Å². The van der Waals surface area contributed by atoms with Gasteiger partial charge in [-0.25, -0.2) is 14.5 Å². The van der Waals surface area contributed by atoms with Crippen molar-refractivity contribution < 1.29 is 0 Å². The Labute approximate surface area is 117 Å². The van der Waals surface area contributed by atoms with E-state index in [0.29, 0.717) is 5.82 Å². The van der Waals surface area contributed by atoms with Crippen molar-refractivity contribution in [2.45, 2.75) is 0 Å². The molecule has 1 heterocycles. The van der Waals surface area contributed by atoms with E-state index in [0.717, 1.165) is 15.7 Å². The van der Waals surface area contributed by atoms with Gasteiger partial charge in [-0.1, -0.05) is 46.3 Å². The molecule has 0 unspecified atom stereocenters. The Morgan fingerprint density at radius 1 is 1.05 bits per heavy atom. The zero-order valence-electron chi connectivity index (χ0n) is 9.88. The maximum atomic E-state index is 11.9. The summed E-state index contributed by atoms with van der Waals surface area (Å²) in [6.45, 7) is 0. The van der Waals surface area contributed by atoms with Gasteiger partial charge in [0.05, 0.1) is 5.69 Å². The van der Waals surface area contributed by atoms with E-state index in [9.17, 15) is 4.79 Å². The SMILES string of the molecule is O=c1[nH]nc(-c2cccc(Br)c2)n1-c1ccccc1. The maximum absolute atomic E-state index is 11.9. The van der Waals surface area contributed by atoms with Gasteiger partial charge in [0.15, 0.2) is 5.82 Å². The third-order valence-corrected chi connectivity index (χ3v) is 3.26. The van der Waals surface area contributed by atoms with Crippen LogP contribution in [-0.4, -0.2) is 14.8 Å². The van der Waals surface area contributed by atoms with Gasteiger partial charge in [-0.15, -0.1) is 0 Å². The molecular formula is C14H10BrN3O. The number of rotatable bonds is 2. The fourth-order valence-corrected chi connectivity index (χ4v) is 2.33. The van der Waals surface area contributed by atoms with Crippen LogP contribution < -0.4 is 5.69 Å². The first-order chi connectivity index (χ1) is 9.25. The van der Waals surface area contributed by atoms with E-state index in [1.54, 1.807) is 4.57 Å². The third-order valence-electron chi connectivity index (χ3n) is 2.77. The van der Waals surface area contributed by atoms with Crippen molar-refractivity contribution in [3.05, 3.63) is 69.6 Å². The molecule has 0 bridgehead atoms. The topological polar surface area (TPSA) is 50.7 Å². The van der Waals surface area contributed by atoms with Crippen LogP contribution in [-0.2, 0) is 0 Å². The largest absolute Gasteiger partial charge is 0.348 e. The highest BCUT2D eigenvalue weighted by atomic mass is 79.9. The molecule has 0 aliphatic carbocycles. The number of nitrogens with zero attached hydrogens (tertiary/aromatic N) is 2. The van der Waals surface area contributed by atoms with Gasteiger partial charge in [-0.3, -0.25) is 0 Å². The van der Waals surface area contributed by atoms with Crippen molar-refractivity contribution in [1.29, 1.82) is 0 Å². The second-order valence-corrected chi connectivity index (χ2v) is 4.95. The van der Waals surface area contributed by atoms with E-state index in [1.165, 1.54) is 0 Å². The number of aromatic amines is 1. The lowest BCUT2D eigenvalue weighted by Gasteiger charge is -2.05. The van der Waals surface area contributed by atoms with Gasteiger partial charge >= 0.3 is 5.69 Å². The molecule has 0 spiro atoms. The molecule has 3 rings (SSSR count). The van der Waals surface area contributed by atoms with Gasteiger partial charge < -0.3 is 0 Å². The summed E-state index contributed by atoms with van der Waals surface area (Å²) in [5.41, 5.74) is 1.41. The van der Waals surface area contributed by atoms with Crippen LogP contribution in [0.5, 0.6) is 0 Å². The molecule has 1 N–H and O–H groups in total. The molecule has 2 aromatic carbocycles. The van der Waals surface area contributed by atoms with E-state index in [-0.39, 0.29) is 5.69 Å². The molecule has 19 heavy (non-hydrogen) atoms. The fraction of sp³-hybridized carbons (Fsp3) is 0. The molecule has 0 radical (unpaired) electrons.